The first-order chi connectivity index (χ1) is 13.9. The maximum Gasteiger partial charge on any atom is 0.332 e. The van der Waals surface area contributed by atoms with Crippen LogP contribution in [-0.4, -0.2) is 37.0 Å². The standard InChI is InChI=1S/C19H20N6O4/c1-22-17-16(18(28)23(2)19(22)29)24(11-20-17)9-5-8-15(27)25-10-14(26)21-12-6-3-4-7-13(12)25/h3-4,6-7,11H,5,8-10H2,1-2H3,(H,21,26). The number of aromatic nitrogens is 4. The van der Waals surface area contributed by atoms with Crippen LogP contribution in [0.4, 0.5) is 11.4 Å². The predicted octanol–water partition coefficient (Wildman–Crippen LogP) is 0.199. The minimum atomic E-state index is -0.440. The number of aryl methyl sites for hydroxylation is 2. The quantitative estimate of drug-likeness (QED) is 0.677. The van der Waals surface area contributed by atoms with Crippen LogP contribution in [0.25, 0.3) is 11.2 Å². The van der Waals surface area contributed by atoms with E-state index in [2.05, 4.69) is 10.3 Å². The molecule has 1 aliphatic heterocycles. The molecular formula is C19H20N6O4. The number of anilines is 2. The van der Waals surface area contributed by atoms with Crippen LogP contribution < -0.4 is 21.5 Å². The van der Waals surface area contributed by atoms with Crippen LogP contribution in [0.15, 0.2) is 40.2 Å². The Hall–Kier alpha value is -3.69. The summed E-state index contributed by atoms with van der Waals surface area (Å²) < 4.78 is 4.01. The summed E-state index contributed by atoms with van der Waals surface area (Å²) in [5, 5.41) is 2.75. The van der Waals surface area contributed by atoms with Crippen LogP contribution in [0.1, 0.15) is 12.8 Å². The summed E-state index contributed by atoms with van der Waals surface area (Å²) in [7, 11) is 2.98. The fourth-order valence-corrected chi connectivity index (χ4v) is 3.56. The molecule has 0 saturated heterocycles. The van der Waals surface area contributed by atoms with Gasteiger partial charge in [-0.1, -0.05) is 12.1 Å². The van der Waals surface area contributed by atoms with E-state index in [0.717, 1.165) is 4.57 Å². The van der Waals surface area contributed by atoms with E-state index in [1.165, 1.54) is 22.8 Å². The van der Waals surface area contributed by atoms with Gasteiger partial charge in [0.25, 0.3) is 5.56 Å². The SMILES string of the molecule is Cn1c(=O)c2c(ncn2CCCC(=O)N2CC(=O)Nc3ccccc32)n(C)c1=O. The second kappa shape index (κ2) is 7.04. The van der Waals surface area contributed by atoms with Crippen molar-refractivity contribution in [1.82, 2.24) is 18.7 Å². The highest BCUT2D eigenvalue weighted by Crippen LogP contribution is 2.29. The smallest absolute Gasteiger partial charge is 0.325 e. The van der Waals surface area contributed by atoms with Gasteiger partial charge in [0.05, 0.1) is 17.7 Å². The third-order valence-corrected chi connectivity index (χ3v) is 5.08. The van der Waals surface area contributed by atoms with Crippen molar-refractivity contribution in [2.24, 2.45) is 14.1 Å². The number of amides is 2. The van der Waals surface area contributed by atoms with Gasteiger partial charge in [-0.3, -0.25) is 23.5 Å². The molecule has 10 nitrogen and oxygen atoms in total. The van der Waals surface area contributed by atoms with E-state index in [4.69, 9.17) is 0 Å². The number of para-hydroxylation sites is 2. The number of hydrogen-bond acceptors (Lipinski definition) is 5. The Morgan fingerprint density at radius 3 is 2.69 bits per heavy atom. The van der Waals surface area contributed by atoms with Gasteiger partial charge in [-0.15, -0.1) is 0 Å². The van der Waals surface area contributed by atoms with Crippen LogP contribution in [0.3, 0.4) is 0 Å². The van der Waals surface area contributed by atoms with Crippen LogP contribution >= 0.6 is 0 Å². The van der Waals surface area contributed by atoms with Crippen molar-refractivity contribution < 1.29 is 9.59 Å². The highest BCUT2D eigenvalue weighted by atomic mass is 16.2. The molecule has 0 saturated carbocycles. The van der Waals surface area contributed by atoms with E-state index in [9.17, 15) is 19.2 Å². The second-order valence-corrected chi connectivity index (χ2v) is 6.96. The molecule has 0 aliphatic carbocycles. The number of rotatable bonds is 4. The largest absolute Gasteiger partial charge is 0.332 e. The fourth-order valence-electron chi connectivity index (χ4n) is 3.56. The minimum Gasteiger partial charge on any atom is -0.325 e. The van der Waals surface area contributed by atoms with Crippen molar-refractivity contribution in [2.45, 2.75) is 19.4 Å². The third-order valence-electron chi connectivity index (χ3n) is 5.08. The van der Waals surface area contributed by atoms with Crippen molar-refractivity contribution in [2.75, 3.05) is 16.8 Å². The third kappa shape index (κ3) is 3.12. The highest BCUT2D eigenvalue weighted by Gasteiger charge is 2.26. The summed E-state index contributed by atoms with van der Waals surface area (Å²) >= 11 is 0. The predicted molar refractivity (Wildman–Crippen MR) is 107 cm³/mol. The van der Waals surface area contributed by atoms with Crippen molar-refractivity contribution >= 4 is 34.4 Å². The molecule has 10 heteroatoms. The fraction of sp³-hybridized carbons (Fsp3) is 0.316. The van der Waals surface area contributed by atoms with Gasteiger partial charge >= 0.3 is 5.69 Å². The first-order valence-electron chi connectivity index (χ1n) is 9.18. The minimum absolute atomic E-state index is 0.0213. The van der Waals surface area contributed by atoms with E-state index in [-0.39, 0.29) is 24.8 Å². The second-order valence-electron chi connectivity index (χ2n) is 6.96. The van der Waals surface area contributed by atoms with Gasteiger partial charge in [-0.2, -0.15) is 0 Å². The van der Waals surface area contributed by atoms with Gasteiger partial charge < -0.3 is 14.8 Å². The number of carbonyl (C=O) groups excluding carboxylic acids is 2. The van der Waals surface area contributed by atoms with E-state index in [1.807, 2.05) is 6.07 Å². The van der Waals surface area contributed by atoms with Crippen molar-refractivity contribution in [1.29, 1.82) is 0 Å². The number of fused-ring (bicyclic) bond motifs is 2. The number of imidazole rings is 1. The zero-order chi connectivity index (χ0) is 20.7. The lowest BCUT2D eigenvalue weighted by atomic mass is 10.1. The monoisotopic (exact) mass is 396 g/mol. The maximum atomic E-state index is 12.7. The van der Waals surface area contributed by atoms with E-state index in [1.54, 1.807) is 29.8 Å². The average Bonchev–Trinajstić information content (AvgIpc) is 3.14. The molecule has 1 N–H and O–H groups in total. The molecule has 150 valence electrons. The highest BCUT2D eigenvalue weighted by molar-refractivity contribution is 6.09. The lowest BCUT2D eigenvalue weighted by molar-refractivity contribution is -0.122. The zero-order valence-electron chi connectivity index (χ0n) is 16.1. The molecule has 2 aromatic heterocycles. The van der Waals surface area contributed by atoms with E-state index < -0.39 is 11.2 Å². The number of hydrogen-bond donors (Lipinski definition) is 1. The summed E-state index contributed by atoms with van der Waals surface area (Å²) in [6.45, 7) is 0.365. The molecular weight excluding hydrogens is 376 g/mol. The molecule has 0 unspecified atom stereocenters. The van der Waals surface area contributed by atoms with Crippen molar-refractivity contribution in [3.05, 3.63) is 51.4 Å². The number of nitrogens with one attached hydrogen (secondary N) is 1. The van der Waals surface area contributed by atoms with Crippen molar-refractivity contribution in [3.8, 4) is 0 Å². The van der Waals surface area contributed by atoms with Crippen LogP contribution in [-0.2, 0) is 30.2 Å². The van der Waals surface area contributed by atoms with E-state index >= 15 is 0 Å². The Kier molecular flexibility index (Phi) is 4.53. The van der Waals surface area contributed by atoms with Gasteiger partial charge in [0.15, 0.2) is 11.2 Å². The first kappa shape index (κ1) is 18.7. The molecule has 0 spiro atoms. The summed E-state index contributed by atoms with van der Waals surface area (Å²) in [6.07, 6.45) is 2.16. The average molecular weight is 396 g/mol. The van der Waals surface area contributed by atoms with Gasteiger partial charge in [0.1, 0.15) is 6.54 Å². The molecule has 1 aromatic carbocycles. The summed E-state index contributed by atoms with van der Waals surface area (Å²) in [5.74, 6) is -0.404. The first-order valence-corrected chi connectivity index (χ1v) is 9.18. The van der Waals surface area contributed by atoms with Crippen molar-refractivity contribution in [3.63, 3.8) is 0 Å². The molecule has 3 heterocycles. The normalized spacial score (nSPS) is 13.4. The summed E-state index contributed by atoms with van der Waals surface area (Å²) in [6, 6.07) is 7.16. The number of carbonyl (C=O) groups is 2. The summed E-state index contributed by atoms with van der Waals surface area (Å²) in [4.78, 5) is 54.8. The molecule has 29 heavy (non-hydrogen) atoms. The molecule has 1 aliphatic rings. The number of nitrogens with zero attached hydrogens (tertiary/aromatic N) is 5. The Labute approximate surface area is 165 Å². The molecule has 0 radical (unpaired) electrons. The van der Waals surface area contributed by atoms with Gasteiger partial charge in [0.2, 0.25) is 11.8 Å². The summed E-state index contributed by atoms with van der Waals surface area (Å²) in [5.41, 5.74) is 1.06. The Morgan fingerprint density at radius 2 is 1.90 bits per heavy atom. The number of benzene rings is 1. The molecule has 0 bridgehead atoms. The Bertz CT molecular complexity index is 1250. The van der Waals surface area contributed by atoms with Crippen LogP contribution in [0.2, 0.25) is 0 Å². The Balaban J connectivity index is 1.52. The lowest BCUT2D eigenvalue weighted by Gasteiger charge is -2.29. The van der Waals surface area contributed by atoms with Gasteiger partial charge in [-0.05, 0) is 18.6 Å². The Morgan fingerprint density at radius 1 is 1.14 bits per heavy atom. The molecule has 2 amide bonds. The maximum absolute atomic E-state index is 12.7. The molecule has 3 aromatic rings. The van der Waals surface area contributed by atoms with Gasteiger partial charge in [0, 0.05) is 27.1 Å². The van der Waals surface area contributed by atoms with E-state index in [0.29, 0.717) is 35.5 Å². The van der Waals surface area contributed by atoms with Crippen LogP contribution in [0.5, 0.6) is 0 Å². The van der Waals surface area contributed by atoms with Crippen LogP contribution in [0, 0.1) is 0 Å². The van der Waals surface area contributed by atoms with Gasteiger partial charge in [-0.25, -0.2) is 9.78 Å². The topological polar surface area (TPSA) is 111 Å². The molecule has 0 fully saturated rings. The lowest BCUT2D eigenvalue weighted by Crippen LogP contribution is -2.42. The zero-order valence-corrected chi connectivity index (χ0v) is 16.1. The molecule has 0 atom stereocenters. The molecule has 4 rings (SSSR count).